The number of fused-ring (bicyclic) bond motifs is 1. The van der Waals surface area contributed by atoms with Crippen LogP contribution in [0, 0.1) is 6.92 Å². The van der Waals surface area contributed by atoms with E-state index < -0.39 is 17.7 Å². The van der Waals surface area contributed by atoms with Crippen LogP contribution in [0.5, 0.6) is 0 Å². The molecule has 2 fully saturated rings. The van der Waals surface area contributed by atoms with Crippen LogP contribution in [0.1, 0.15) is 59.5 Å². The number of benzene rings is 3. The van der Waals surface area contributed by atoms with Crippen molar-refractivity contribution < 1.29 is 14.7 Å². The van der Waals surface area contributed by atoms with Crippen LogP contribution >= 0.6 is 0 Å². The fourth-order valence-electron chi connectivity index (χ4n) is 6.12. The third kappa shape index (κ3) is 4.12. The van der Waals surface area contributed by atoms with Crippen molar-refractivity contribution in [2.75, 3.05) is 22.9 Å². The maximum absolute atomic E-state index is 13.5. The Morgan fingerprint density at radius 2 is 1.49 bits per heavy atom. The van der Waals surface area contributed by atoms with Gasteiger partial charge in [-0.2, -0.15) is 0 Å². The highest BCUT2D eigenvalue weighted by Gasteiger charge is 2.47. The number of hydrogen-bond donors (Lipinski definition) is 1. The predicted octanol–water partition coefficient (Wildman–Crippen LogP) is 6.10. The number of anilines is 2. The smallest absolute Gasteiger partial charge is 0.300 e. The number of ketones is 1. The monoisotopic (exact) mass is 492 g/mol. The number of Topliss-reactive ketones (excluding diaryl/α,β-unsaturated/α-hetero) is 1. The highest BCUT2D eigenvalue weighted by molar-refractivity contribution is 6.51. The Balaban J connectivity index is 1.47. The van der Waals surface area contributed by atoms with Gasteiger partial charge in [-0.15, -0.1) is 0 Å². The molecular weight excluding hydrogens is 460 g/mol. The van der Waals surface area contributed by atoms with Gasteiger partial charge in [0.15, 0.2) is 0 Å². The summed E-state index contributed by atoms with van der Waals surface area (Å²) >= 11 is 0. The predicted molar refractivity (Wildman–Crippen MR) is 147 cm³/mol. The number of hydrogen-bond acceptors (Lipinski definition) is 4. The number of aliphatic hydroxyl groups is 1. The SMILES string of the molecule is Cc1ccccc1C1/C(=C(\O)c2ccc3c(c2)CCCC3)C(=O)C(=O)N1c1ccc(N2CCCC2)cc1. The van der Waals surface area contributed by atoms with E-state index in [2.05, 4.69) is 11.0 Å². The Bertz CT molecular complexity index is 1400. The molecule has 3 aliphatic rings. The van der Waals surface area contributed by atoms with Crippen LogP contribution in [0.15, 0.2) is 72.3 Å². The lowest BCUT2D eigenvalue weighted by molar-refractivity contribution is -0.132. The molecule has 2 aliphatic heterocycles. The fraction of sp³-hybridized carbons (Fsp3) is 0.312. The Morgan fingerprint density at radius 1 is 0.811 bits per heavy atom. The molecule has 0 bridgehead atoms. The molecule has 188 valence electrons. The van der Waals surface area contributed by atoms with E-state index in [-0.39, 0.29) is 11.3 Å². The zero-order valence-corrected chi connectivity index (χ0v) is 21.2. The molecule has 5 heteroatoms. The van der Waals surface area contributed by atoms with Crippen molar-refractivity contribution in [2.24, 2.45) is 0 Å². The summed E-state index contributed by atoms with van der Waals surface area (Å²) in [6, 6.07) is 20.9. The topological polar surface area (TPSA) is 60.9 Å². The van der Waals surface area contributed by atoms with E-state index in [0.29, 0.717) is 11.3 Å². The quantitative estimate of drug-likeness (QED) is 0.272. The summed E-state index contributed by atoms with van der Waals surface area (Å²) in [5.74, 6) is -1.36. The van der Waals surface area contributed by atoms with Crippen molar-refractivity contribution in [3.8, 4) is 0 Å². The molecule has 1 atom stereocenters. The number of carbonyl (C=O) groups excluding carboxylic acids is 2. The van der Waals surface area contributed by atoms with E-state index in [0.717, 1.165) is 49.2 Å². The molecule has 0 radical (unpaired) electrons. The molecule has 2 saturated heterocycles. The lowest BCUT2D eigenvalue weighted by Gasteiger charge is -2.27. The normalized spacial score (nSPS) is 20.9. The second kappa shape index (κ2) is 9.55. The second-order valence-corrected chi connectivity index (χ2v) is 10.4. The van der Waals surface area contributed by atoms with Crippen LogP contribution in [-0.4, -0.2) is 29.9 Å². The molecule has 3 aromatic rings. The van der Waals surface area contributed by atoms with E-state index in [1.165, 1.54) is 30.4 Å². The molecule has 0 aromatic heterocycles. The first-order valence-electron chi connectivity index (χ1n) is 13.4. The van der Waals surface area contributed by atoms with E-state index in [1.807, 2.05) is 67.6 Å². The molecule has 37 heavy (non-hydrogen) atoms. The van der Waals surface area contributed by atoms with Gasteiger partial charge in [-0.05, 0) is 98.0 Å². The van der Waals surface area contributed by atoms with Gasteiger partial charge in [-0.1, -0.05) is 36.4 Å². The Kier molecular flexibility index (Phi) is 6.07. The van der Waals surface area contributed by atoms with Crippen LogP contribution in [0.2, 0.25) is 0 Å². The van der Waals surface area contributed by atoms with Crippen LogP contribution < -0.4 is 9.80 Å². The minimum absolute atomic E-state index is 0.101. The van der Waals surface area contributed by atoms with E-state index in [9.17, 15) is 14.7 Å². The Labute approximate surface area is 218 Å². The molecular formula is C32H32N2O3. The molecule has 3 aromatic carbocycles. The van der Waals surface area contributed by atoms with Crippen LogP contribution in [0.4, 0.5) is 11.4 Å². The van der Waals surface area contributed by atoms with Crippen molar-refractivity contribution in [3.05, 3.63) is 100 Å². The minimum Gasteiger partial charge on any atom is -0.507 e. The van der Waals surface area contributed by atoms with E-state index in [1.54, 1.807) is 4.90 Å². The standard InChI is InChI=1S/C32H32N2O3/c1-21-8-2-5-11-27(21)29-28(30(35)24-13-12-22-9-3-4-10-23(22)20-24)31(36)32(37)34(29)26-16-14-25(15-17-26)33-18-6-7-19-33/h2,5,8,11-17,20,29,35H,3-4,6-7,9-10,18-19H2,1H3/b30-28+. The lowest BCUT2D eigenvalue weighted by atomic mass is 9.88. The van der Waals surface area contributed by atoms with Gasteiger partial charge < -0.3 is 10.0 Å². The van der Waals surface area contributed by atoms with Gasteiger partial charge in [0.2, 0.25) is 0 Å². The first kappa shape index (κ1) is 23.5. The summed E-state index contributed by atoms with van der Waals surface area (Å²) in [5.41, 5.74) is 6.85. The molecule has 1 aliphatic carbocycles. The zero-order chi connectivity index (χ0) is 25.5. The highest BCUT2D eigenvalue weighted by Crippen LogP contribution is 2.43. The molecule has 1 amide bonds. The number of carbonyl (C=O) groups is 2. The summed E-state index contributed by atoms with van der Waals surface area (Å²) in [6.07, 6.45) is 6.68. The van der Waals surface area contributed by atoms with Gasteiger partial charge in [-0.3, -0.25) is 14.5 Å². The number of amides is 1. The van der Waals surface area contributed by atoms with Gasteiger partial charge >= 0.3 is 0 Å². The summed E-state index contributed by atoms with van der Waals surface area (Å²) in [7, 11) is 0. The third-order valence-corrected chi connectivity index (χ3v) is 8.15. The highest BCUT2D eigenvalue weighted by atomic mass is 16.3. The fourth-order valence-corrected chi connectivity index (χ4v) is 6.12. The van der Waals surface area contributed by atoms with Gasteiger partial charge in [0.1, 0.15) is 5.76 Å². The van der Waals surface area contributed by atoms with Crippen LogP contribution in [0.3, 0.4) is 0 Å². The van der Waals surface area contributed by atoms with Crippen LogP contribution in [0.25, 0.3) is 5.76 Å². The third-order valence-electron chi connectivity index (χ3n) is 8.15. The van der Waals surface area contributed by atoms with Crippen molar-refractivity contribution in [2.45, 2.75) is 51.5 Å². The maximum atomic E-state index is 13.5. The van der Waals surface area contributed by atoms with Crippen LogP contribution in [-0.2, 0) is 22.4 Å². The Morgan fingerprint density at radius 3 is 2.22 bits per heavy atom. The van der Waals surface area contributed by atoms with Gasteiger partial charge in [0, 0.05) is 30.0 Å². The first-order chi connectivity index (χ1) is 18.0. The molecule has 0 saturated carbocycles. The minimum atomic E-state index is -0.699. The molecule has 1 N–H and O–H groups in total. The van der Waals surface area contributed by atoms with Gasteiger partial charge in [0.05, 0.1) is 11.6 Å². The van der Waals surface area contributed by atoms with Crippen molar-refractivity contribution in [3.63, 3.8) is 0 Å². The van der Waals surface area contributed by atoms with Crippen molar-refractivity contribution >= 4 is 28.8 Å². The average Bonchev–Trinajstić information content (AvgIpc) is 3.56. The van der Waals surface area contributed by atoms with Crippen molar-refractivity contribution in [1.29, 1.82) is 0 Å². The molecule has 1 unspecified atom stereocenters. The number of aliphatic hydroxyl groups excluding tert-OH is 1. The second-order valence-electron chi connectivity index (χ2n) is 10.4. The van der Waals surface area contributed by atoms with E-state index in [4.69, 9.17) is 0 Å². The Hall–Kier alpha value is -3.86. The summed E-state index contributed by atoms with van der Waals surface area (Å²) in [4.78, 5) is 31.0. The summed E-state index contributed by atoms with van der Waals surface area (Å²) < 4.78 is 0. The number of aryl methyl sites for hydroxylation is 3. The summed E-state index contributed by atoms with van der Waals surface area (Å²) in [5, 5.41) is 11.6. The first-order valence-corrected chi connectivity index (χ1v) is 13.4. The summed E-state index contributed by atoms with van der Waals surface area (Å²) in [6.45, 7) is 4.05. The van der Waals surface area contributed by atoms with Gasteiger partial charge in [-0.25, -0.2) is 0 Å². The molecule has 5 nitrogen and oxygen atoms in total. The maximum Gasteiger partial charge on any atom is 0.300 e. The zero-order valence-electron chi connectivity index (χ0n) is 21.2. The average molecular weight is 493 g/mol. The number of nitrogens with zero attached hydrogens (tertiary/aromatic N) is 2. The number of rotatable bonds is 4. The molecule has 6 rings (SSSR count). The molecule has 0 spiro atoms. The van der Waals surface area contributed by atoms with Crippen molar-refractivity contribution in [1.82, 2.24) is 0 Å². The van der Waals surface area contributed by atoms with Gasteiger partial charge in [0.25, 0.3) is 11.7 Å². The lowest BCUT2D eigenvalue weighted by Crippen LogP contribution is -2.29. The van der Waals surface area contributed by atoms with E-state index >= 15 is 0 Å². The largest absolute Gasteiger partial charge is 0.507 e. The molecule has 2 heterocycles.